The molecular formula is C54H60Cl2N12O5. The van der Waals surface area contributed by atoms with Crippen molar-refractivity contribution in [3.8, 4) is 0 Å². The van der Waals surface area contributed by atoms with Crippen LogP contribution in [0.25, 0.3) is 0 Å². The van der Waals surface area contributed by atoms with E-state index in [1.54, 1.807) is 55.5 Å². The van der Waals surface area contributed by atoms with Crippen LogP contribution >= 0.6 is 23.2 Å². The third kappa shape index (κ3) is 11.2. The van der Waals surface area contributed by atoms with E-state index in [1.165, 1.54) is 0 Å². The summed E-state index contributed by atoms with van der Waals surface area (Å²) in [4.78, 5) is 73.4. The number of piperazine rings is 2. The Labute approximate surface area is 435 Å². The van der Waals surface area contributed by atoms with Gasteiger partial charge in [0.1, 0.15) is 11.6 Å². The predicted octanol–water partition coefficient (Wildman–Crippen LogP) is 7.56. The highest BCUT2D eigenvalue weighted by Gasteiger charge is 2.30. The fourth-order valence-electron chi connectivity index (χ4n) is 9.85. The number of fused-ring (bicyclic) bond motifs is 4. The van der Waals surface area contributed by atoms with Crippen molar-refractivity contribution < 1.29 is 24.0 Å². The lowest BCUT2D eigenvalue weighted by atomic mass is 10.00. The van der Waals surface area contributed by atoms with E-state index in [1.807, 2.05) is 98.4 Å². The molecule has 4 aromatic carbocycles. The highest BCUT2D eigenvalue weighted by molar-refractivity contribution is 6.31. The van der Waals surface area contributed by atoms with Crippen molar-refractivity contribution >= 4 is 87.1 Å². The smallest absolute Gasteiger partial charge is 0.258 e. The minimum absolute atomic E-state index is 0.0481. The molecule has 0 aliphatic carbocycles. The second-order valence-corrected chi connectivity index (χ2v) is 19.8. The Morgan fingerprint density at radius 3 is 1.41 bits per heavy atom. The molecule has 6 aromatic rings. The summed E-state index contributed by atoms with van der Waals surface area (Å²) in [5, 5.41) is 19.9. The number of amides is 5. The number of aromatic nitrogens is 4. The molecule has 380 valence electrons. The van der Waals surface area contributed by atoms with Crippen LogP contribution in [0.15, 0.2) is 85.2 Å². The fraction of sp³-hybridized carbons (Fsp3) is 0.352. The molecule has 0 radical (unpaired) electrons. The highest BCUT2D eigenvalue weighted by atomic mass is 35.5. The molecule has 0 atom stereocenters. The lowest BCUT2D eigenvalue weighted by Crippen LogP contribution is -2.50. The van der Waals surface area contributed by atoms with E-state index in [9.17, 15) is 24.0 Å². The van der Waals surface area contributed by atoms with Gasteiger partial charge < -0.3 is 40.4 Å². The van der Waals surface area contributed by atoms with Crippen LogP contribution in [0.2, 0.25) is 10.0 Å². The zero-order chi connectivity index (χ0) is 51.5. The number of hydrogen-bond donors (Lipinski definition) is 3. The van der Waals surface area contributed by atoms with Gasteiger partial charge in [-0.3, -0.25) is 33.3 Å². The minimum atomic E-state index is -0.124. The SMILES string of the molecule is CC(=O)N1CCN(C(=O)CCc2ccc(C(=O)N3Cc4cnn(C)c4Nc4cc(Cl)ccc43)cc2C)CC1.Cc1cc(C(=O)N2Cc3cnn(C)c3Nc3cc(Cl)ccc32)ccc1CCC(=O)N1CCNCC1. The normalized spacial score (nSPS) is 15.0. The zero-order valence-electron chi connectivity index (χ0n) is 41.8. The number of hydrogen-bond acceptors (Lipinski definition) is 10. The van der Waals surface area contributed by atoms with Gasteiger partial charge in [-0.15, -0.1) is 0 Å². The first-order chi connectivity index (χ1) is 35.1. The van der Waals surface area contributed by atoms with Gasteiger partial charge in [0.25, 0.3) is 11.8 Å². The van der Waals surface area contributed by atoms with Gasteiger partial charge in [-0.25, -0.2) is 0 Å². The number of carbonyl (C=O) groups is 5. The van der Waals surface area contributed by atoms with Gasteiger partial charge in [-0.1, -0.05) is 35.3 Å². The first-order valence-electron chi connectivity index (χ1n) is 24.6. The van der Waals surface area contributed by atoms with Crippen molar-refractivity contribution in [2.45, 2.75) is 59.5 Å². The largest absolute Gasteiger partial charge is 0.340 e. The molecule has 4 aliphatic rings. The molecule has 0 spiro atoms. The van der Waals surface area contributed by atoms with Crippen molar-refractivity contribution in [1.29, 1.82) is 0 Å². The molecule has 2 saturated heterocycles. The number of benzene rings is 4. The highest BCUT2D eigenvalue weighted by Crippen LogP contribution is 2.40. The molecule has 10 rings (SSSR count). The van der Waals surface area contributed by atoms with Gasteiger partial charge in [-0.2, -0.15) is 10.2 Å². The molecule has 2 aromatic heterocycles. The average molecular weight is 1030 g/mol. The molecule has 73 heavy (non-hydrogen) atoms. The summed E-state index contributed by atoms with van der Waals surface area (Å²) in [6, 6.07) is 22.3. The molecule has 19 heteroatoms. The summed E-state index contributed by atoms with van der Waals surface area (Å²) < 4.78 is 3.51. The minimum Gasteiger partial charge on any atom is -0.340 e. The molecule has 0 unspecified atom stereocenters. The maximum Gasteiger partial charge on any atom is 0.258 e. The van der Waals surface area contributed by atoms with Crippen molar-refractivity contribution in [2.24, 2.45) is 14.1 Å². The molecule has 4 aliphatic heterocycles. The Balaban J connectivity index is 0.000000180. The number of rotatable bonds is 8. The first kappa shape index (κ1) is 50.7. The fourth-order valence-corrected chi connectivity index (χ4v) is 10.2. The molecule has 6 heterocycles. The monoisotopic (exact) mass is 1030 g/mol. The summed E-state index contributed by atoms with van der Waals surface area (Å²) in [6.07, 6.45) is 5.67. The molecule has 2 fully saturated rings. The lowest BCUT2D eigenvalue weighted by Gasteiger charge is -2.34. The number of nitrogens with zero attached hydrogens (tertiary/aromatic N) is 9. The van der Waals surface area contributed by atoms with E-state index in [4.69, 9.17) is 23.2 Å². The second kappa shape index (κ2) is 21.9. The maximum atomic E-state index is 13.8. The molecule has 0 saturated carbocycles. The van der Waals surface area contributed by atoms with E-state index >= 15 is 0 Å². The Morgan fingerprint density at radius 2 is 0.986 bits per heavy atom. The molecule has 3 N–H and O–H groups in total. The van der Waals surface area contributed by atoms with Gasteiger partial charge in [0, 0.05) is 119 Å². The number of halogens is 2. The topological polar surface area (TPSA) is 173 Å². The quantitative estimate of drug-likeness (QED) is 0.138. The van der Waals surface area contributed by atoms with E-state index < -0.39 is 0 Å². The van der Waals surface area contributed by atoms with Crippen molar-refractivity contribution in [2.75, 3.05) is 72.8 Å². The van der Waals surface area contributed by atoms with Crippen LogP contribution in [0.5, 0.6) is 0 Å². The predicted molar refractivity (Wildman–Crippen MR) is 284 cm³/mol. The zero-order valence-corrected chi connectivity index (χ0v) is 43.3. The number of aryl methyl sites for hydroxylation is 6. The Hall–Kier alpha value is -7.21. The van der Waals surface area contributed by atoms with Crippen LogP contribution in [-0.2, 0) is 54.4 Å². The van der Waals surface area contributed by atoms with Gasteiger partial charge in [-0.05, 0) is 110 Å². The van der Waals surface area contributed by atoms with Crippen LogP contribution in [-0.4, -0.2) is 116 Å². The van der Waals surface area contributed by atoms with Crippen LogP contribution in [0.4, 0.5) is 34.4 Å². The Morgan fingerprint density at radius 1 is 0.562 bits per heavy atom. The summed E-state index contributed by atoms with van der Waals surface area (Å²) in [7, 11) is 3.72. The van der Waals surface area contributed by atoms with Gasteiger partial charge in [0.05, 0.1) is 48.2 Å². The third-order valence-corrected chi connectivity index (χ3v) is 14.6. The molecule has 17 nitrogen and oxygen atoms in total. The van der Waals surface area contributed by atoms with E-state index in [-0.39, 0.29) is 29.5 Å². The summed E-state index contributed by atoms with van der Waals surface area (Å²) in [6.45, 7) is 11.8. The van der Waals surface area contributed by atoms with E-state index in [0.29, 0.717) is 86.1 Å². The summed E-state index contributed by atoms with van der Waals surface area (Å²) in [5.41, 5.74) is 10.1. The lowest BCUT2D eigenvalue weighted by molar-refractivity contribution is -0.138. The van der Waals surface area contributed by atoms with Crippen LogP contribution in [0, 0.1) is 13.8 Å². The van der Waals surface area contributed by atoms with E-state index in [0.717, 1.165) is 93.9 Å². The van der Waals surface area contributed by atoms with E-state index in [2.05, 4.69) is 26.1 Å². The maximum absolute atomic E-state index is 13.8. The van der Waals surface area contributed by atoms with Crippen LogP contribution < -0.4 is 25.8 Å². The Kier molecular flexibility index (Phi) is 15.2. The van der Waals surface area contributed by atoms with Crippen LogP contribution in [0.3, 0.4) is 0 Å². The standard InChI is InChI=1S/C28H31ClN6O3.C26H29ClN6O2/c1-18-14-21(5-4-20(18)6-9-26(37)34-12-10-33(11-13-34)19(2)36)28(38)35-17-22-16-30-32(3)27(22)31-24-15-23(29)7-8-25(24)35;1-17-13-19(4-3-18(17)5-8-24(34)32-11-9-28-10-12-32)26(35)33-16-20-15-29-31(2)25(20)30-22-14-21(27)6-7-23(22)33/h4-5,7-8,14-16,31H,6,9-13,17H2,1-3H3;3-4,6-7,13-15,28,30H,5,8-12,16H2,1-2H3. The number of nitrogens with one attached hydrogen (secondary N) is 3. The van der Waals surface area contributed by atoms with Gasteiger partial charge in [0.2, 0.25) is 17.7 Å². The first-order valence-corrected chi connectivity index (χ1v) is 25.4. The third-order valence-electron chi connectivity index (χ3n) is 14.1. The van der Waals surface area contributed by atoms with Gasteiger partial charge in [0.15, 0.2) is 0 Å². The van der Waals surface area contributed by atoms with Crippen molar-refractivity contribution in [1.82, 2.24) is 39.6 Å². The molecule has 5 amide bonds. The van der Waals surface area contributed by atoms with Crippen molar-refractivity contribution in [3.63, 3.8) is 0 Å². The average Bonchev–Trinajstić information content (AvgIpc) is 3.79. The number of carbonyl (C=O) groups excluding carboxylic acids is 5. The second-order valence-electron chi connectivity index (χ2n) is 18.9. The van der Waals surface area contributed by atoms with Gasteiger partial charge >= 0.3 is 0 Å². The molecular weight excluding hydrogens is 968 g/mol. The Bertz CT molecular complexity index is 3100. The molecule has 0 bridgehead atoms. The van der Waals surface area contributed by atoms with Crippen LogP contribution in [0.1, 0.15) is 73.9 Å². The summed E-state index contributed by atoms with van der Waals surface area (Å²) >= 11 is 12.5. The number of anilines is 6. The van der Waals surface area contributed by atoms with Crippen molar-refractivity contribution in [3.05, 3.63) is 140 Å². The summed E-state index contributed by atoms with van der Waals surface area (Å²) in [5.74, 6) is 1.76.